The summed E-state index contributed by atoms with van der Waals surface area (Å²) in [4.78, 5) is 28.2. The van der Waals surface area contributed by atoms with Crippen molar-refractivity contribution in [3.63, 3.8) is 0 Å². The van der Waals surface area contributed by atoms with Crippen molar-refractivity contribution in [1.29, 1.82) is 0 Å². The van der Waals surface area contributed by atoms with Gasteiger partial charge in [-0.3, -0.25) is 0 Å². The first-order valence-electron chi connectivity index (χ1n) is 9.80. The van der Waals surface area contributed by atoms with Crippen LogP contribution in [-0.2, 0) is 0 Å². The van der Waals surface area contributed by atoms with E-state index in [4.69, 9.17) is 4.74 Å². The molecule has 3 rings (SSSR count). The van der Waals surface area contributed by atoms with Crippen LogP contribution in [0, 0.1) is 0 Å². The van der Waals surface area contributed by atoms with Gasteiger partial charge in [-0.2, -0.15) is 0 Å². The average molecular weight is 374 g/mol. The van der Waals surface area contributed by atoms with Gasteiger partial charge in [-0.1, -0.05) is 12.1 Å². The summed E-state index contributed by atoms with van der Waals surface area (Å²) in [5.41, 5.74) is 1.02. The molecule has 1 aromatic rings. The lowest BCUT2D eigenvalue weighted by Gasteiger charge is -2.36. The molecule has 2 N–H and O–H groups in total. The minimum Gasteiger partial charge on any atom is -0.491 e. The van der Waals surface area contributed by atoms with Crippen molar-refractivity contribution in [2.75, 3.05) is 26.2 Å². The first-order chi connectivity index (χ1) is 12.9. The van der Waals surface area contributed by atoms with Crippen molar-refractivity contribution in [1.82, 2.24) is 20.4 Å². The van der Waals surface area contributed by atoms with Crippen LogP contribution in [0.4, 0.5) is 9.59 Å². The molecule has 0 unspecified atom stereocenters. The highest BCUT2D eigenvalue weighted by molar-refractivity contribution is 5.77. The minimum atomic E-state index is -0.102. The fraction of sp³-hybridized carbons (Fsp3) is 0.600. The molecule has 1 atom stereocenters. The number of carbonyl (C=O) groups is 2. The molecule has 4 amide bonds. The van der Waals surface area contributed by atoms with Gasteiger partial charge in [0.1, 0.15) is 5.75 Å². The van der Waals surface area contributed by atoms with Crippen molar-refractivity contribution >= 4 is 12.1 Å². The molecule has 148 valence electrons. The Morgan fingerprint density at radius 1 is 1.22 bits per heavy atom. The van der Waals surface area contributed by atoms with Gasteiger partial charge in [0.2, 0.25) is 0 Å². The Bertz CT molecular complexity index is 671. The van der Waals surface area contributed by atoms with Gasteiger partial charge in [0.15, 0.2) is 0 Å². The van der Waals surface area contributed by atoms with E-state index in [0.29, 0.717) is 13.1 Å². The maximum Gasteiger partial charge on any atom is 0.317 e. The van der Waals surface area contributed by atoms with Crippen LogP contribution in [0.5, 0.6) is 5.75 Å². The molecule has 2 aliphatic rings. The number of likely N-dealkylation sites (tertiary alicyclic amines) is 1. The van der Waals surface area contributed by atoms with E-state index in [9.17, 15) is 9.59 Å². The lowest BCUT2D eigenvalue weighted by molar-refractivity contribution is 0.139. The minimum absolute atomic E-state index is 0.0232. The quantitative estimate of drug-likeness (QED) is 0.832. The molecule has 2 aliphatic heterocycles. The molecule has 2 saturated heterocycles. The van der Waals surface area contributed by atoms with E-state index in [1.165, 1.54) is 0 Å². The Labute approximate surface area is 161 Å². The molecule has 7 heteroatoms. The van der Waals surface area contributed by atoms with Crippen LogP contribution in [0.25, 0.3) is 0 Å². The third kappa shape index (κ3) is 4.84. The third-order valence-corrected chi connectivity index (χ3v) is 5.15. The predicted octanol–water partition coefficient (Wildman–Crippen LogP) is 2.73. The van der Waals surface area contributed by atoms with E-state index in [1.807, 2.05) is 54.8 Å². The van der Waals surface area contributed by atoms with Crippen LogP contribution >= 0.6 is 0 Å². The second kappa shape index (κ2) is 8.50. The highest BCUT2D eigenvalue weighted by atomic mass is 16.5. The lowest BCUT2D eigenvalue weighted by Crippen LogP contribution is -2.50. The Balaban J connectivity index is 1.51. The number of urea groups is 2. The first kappa shape index (κ1) is 19.3. The summed E-state index contributed by atoms with van der Waals surface area (Å²) in [7, 11) is 0. The molecule has 2 fully saturated rings. The third-order valence-electron chi connectivity index (χ3n) is 5.15. The van der Waals surface area contributed by atoms with E-state index in [-0.39, 0.29) is 30.2 Å². The summed E-state index contributed by atoms with van der Waals surface area (Å²) in [5, 5.41) is 5.92. The first-order valence-corrected chi connectivity index (χ1v) is 9.80. The van der Waals surface area contributed by atoms with Crippen molar-refractivity contribution in [2.45, 2.75) is 51.8 Å². The molecule has 27 heavy (non-hydrogen) atoms. The van der Waals surface area contributed by atoms with Gasteiger partial charge < -0.3 is 25.2 Å². The van der Waals surface area contributed by atoms with Gasteiger partial charge in [-0.05, 0) is 51.3 Å². The van der Waals surface area contributed by atoms with E-state index >= 15 is 0 Å². The van der Waals surface area contributed by atoms with Crippen LogP contribution < -0.4 is 15.4 Å². The maximum absolute atomic E-state index is 12.6. The number of hydrogen-bond donors (Lipinski definition) is 2. The molecular weight excluding hydrogens is 344 g/mol. The molecule has 0 aliphatic carbocycles. The SMILES string of the molecule is CC(C)Oc1cccc([C@H](C)NC(=O)N2CCC(N3CCNC3=O)CC2)c1. The number of amides is 4. The number of ether oxygens (including phenoxy) is 1. The topological polar surface area (TPSA) is 73.9 Å². The number of nitrogens with one attached hydrogen (secondary N) is 2. The zero-order valence-electron chi connectivity index (χ0n) is 16.4. The van der Waals surface area contributed by atoms with Gasteiger partial charge in [0.25, 0.3) is 0 Å². The van der Waals surface area contributed by atoms with Crippen LogP contribution in [-0.4, -0.2) is 60.2 Å². The molecule has 0 radical (unpaired) electrons. The van der Waals surface area contributed by atoms with E-state index in [0.717, 1.165) is 37.2 Å². The van der Waals surface area contributed by atoms with E-state index in [1.54, 1.807) is 0 Å². The van der Waals surface area contributed by atoms with Gasteiger partial charge in [-0.25, -0.2) is 9.59 Å². The Morgan fingerprint density at radius 3 is 2.59 bits per heavy atom. The van der Waals surface area contributed by atoms with Crippen LogP contribution in [0.2, 0.25) is 0 Å². The largest absolute Gasteiger partial charge is 0.491 e. The number of carbonyl (C=O) groups excluding carboxylic acids is 2. The van der Waals surface area contributed by atoms with Gasteiger partial charge >= 0.3 is 12.1 Å². The average Bonchev–Trinajstić information content (AvgIpc) is 3.07. The molecule has 1 aromatic carbocycles. The smallest absolute Gasteiger partial charge is 0.317 e. The number of benzene rings is 1. The molecular formula is C20H30N4O3. The molecule has 2 heterocycles. The summed E-state index contributed by atoms with van der Waals surface area (Å²) in [6, 6.07) is 7.95. The second-order valence-electron chi connectivity index (χ2n) is 7.55. The van der Waals surface area contributed by atoms with Crippen molar-refractivity contribution in [3.8, 4) is 5.75 Å². The highest BCUT2D eigenvalue weighted by Gasteiger charge is 2.32. The highest BCUT2D eigenvalue weighted by Crippen LogP contribution is 2.22. The molecule has 0 aromatic heterocycles. The fourth-order valence-electron chi connectivity index (χ4n) is 3.70. The second-order valence-corrected chi connectivity index (χ2v) is 7.55. The van der Waals surface area contributed by atoms with Gasteiger partial charge in [0, 0.05) is 32.2 Å². The molecule has 7 nitrogen and oxygen atoms in total. The van der Waals surface area contributed by atoms with Crippen LogP contribution in [0.15, 0.2) is 24.3 Å². The number of hydrogen-bond acceptors (Lipinski definition) is 3. The summed E-state index contributed by atoms with van der Waals surface area (Å²) in [5.74, 6) is 0.813. The van der Waals surface area contributed by atoms with Crippen molar-refractivity contribution in [3.05, 3.63) is 29.8 Å². The normalized spacial score (nSPS) is 19.2. The Morgan fingerprint density at radius 2 is 1.96 bits per heavy atom. The number of nitrogens with zero attached hydrogens (tertiary/aromatic N) is 2. The molecule has 0 bridgehead atoms. The van der Waals surface area contributed by atoms with E-state index < -0.39 is 0 Å². The van der Waals surface area contributed by atoms with Crippen molar-refractivity contribution < 1.29 is 14.3 Å². The van der Waals surface area contributed by atoms with Crippen molar-refractivity contribution in [2.24, 2.45) is 0 Å². The fourth-order valence-corrected chi connectivity index (χ4v) is 3.70. The summed E-state index contributed by atoms with van der Waals surface area (Å²) in [6.45, 7) is 8.79. The number of piperidine rings is 1. The molecule has 0 saturated carbocycles. The van der Waals surface area contributed by atoms with Crippen LogP contribution in [0.1, 0.15) is 45.2 Å². The standard InChI is InChI=1S/C20H30N4O3/c1-14(2)27-18-6-4-5-16(13-18)15(3)22-20(26)23-10-7-17(8-11-23)24-12-9-21-19(24)25/h4-6,13-15,17H,7-12H2,1-3H3,(H,21,25)(H,22,26)/t15-/m0/s1. The summed E-state index contributed by atoms with van der Waals surface area (Å²) >= 11 is 0. The Kier molecular flexibility index (Phi) is 6.08. The summed E-state index contributed by atoms with van der Waals surface area (Å²) < 4.78 is 5.74. The monoisotopic (exact) mass is 374 g/mol. The molecule has 0 spiro atoms. The summed E-state index contributed by atoms with van der Waals surface area (Å²) in [6.07, 6.45) is 1.77. The van der Waals surface area contributed by atoms with Gasteiger partial charge in [-0.15, -0.1) is 0 Å². The lowest BCUT2D eigenvalue weighted by atomic mass is 10.0. The van der Waals surface area contributed by atoms with Gasteiger partial charge in [0.05, 0.1) is 12.1 Å². The zero-order chi connectivity index (χ0) is 19.4. The number of rotatable bonds is 5. The van der Waals surface area contributed by atoms with E-state index in [2.05, 4.69) is 10.6 Å². The van der Waals surface area contributed by atoms with Crippen LogP contribution in [0.3, 0.4) is 0 Å². The Hall–Kier alpha value is -2.44. The maximum atomic E-state index is 12.6. The zero-order valence-corrected chi connectivity index (χ0v) is 16.4. The predicted molar refractivity (Wildman–Crippen MR) is 104 cm³/mol.